The molecular weight excluding hydrogens is 303 g/mol. The Morgan fingerprint density at radius 3 is 2.68 bits per heavy atom. The van der Waals surface area contributed by atoms with Gasteiger partial charge >= 0.3 is 0 Å². The van der Waals surface area contributed by atoms with Gasteiger partial charge in [-0.1, -0.05) is 17.8 Å². The van der Waals surface area contributed by atoms with Crippen LogP contribution in [0.1, 0.15) is 18.2 Å². The Bertz CT molecular complexity index is 688. The highest BCUT2D eigenvalue weighted by molar-refractivity contribution is 8.00. The van der Waals surface area contributed by atoms with E-state index in [1.54, 1.807) is 32.0 Å². The quantitative estimate of drug-likeness (QED) is 0.669. The topological polar surface area (TPSA) is 80.9 Å². The zero-order valence-electron chi connectivity index (χ0n) is 12.6. The molecule has 0 bridgehead atoms. The highest BCUT2D eigenvalue weighted by Gasteiger charge is 2.17. The number of amides is 1. The molecule has 1 aromatic carbocycles. The first-order valence-corrected chi connectivity index (χ1v) is 7.58. The molecule has 3 N–H and O–H groups in total. The lowest BCUT2D eigenvalue weighted by molar-refractivity contribution is -0.115. The zero-order chi connectivity index (χ0) is 16.3. The van der Waals surface area contributed by atoms with Gasteiger partial charge in [0, 0.05) is 17.4 Å². The van der Waals surface area contributed by atoms with Gasteiger partial charge in [0.1, 0.15) is 11.6 Å². The summed E-state index contributed by atoms with van der Waals surface area (Å²) in [5.41, 5.74) is 7.35. The number of hydrogen-bond acceptors (Lipinski definition) is 5. The fourth-order valence-electron chi connectivity index (χ4n) is 1.74. The second kappa shape index (κ2) is 6.74. The van der Waals surface area contributed by atoms with Crippen LogP contribution in [-0.4, -0.2) is 21.1 Å². The van der Waals surface area contributed by atoms with Gasteiger partial charge in [0.15, 0.2) is 5.16 Å². The molecular formula is C15H17FN4OS. The van der Waals surface area contributed by atoms with Crippen LogP contribution >= 0.6 is 11.8 Å². The van der Waals surface area contributed by atoms with Crippen molar-refractivity contribution in [3.8, 4) is 0 Å². The van der Waals surface area contributed by atoms with Crippen LogP contribution in [-0.2, 0) is 4.79 Å². The molecule has 22 heavy (non-hydrogen) atoms. The van der Waals surface area contributed by atoms with E-state index in [2.05, 4.69) is 15.3 Å². The zero-order valence-corrected chi connectivity index (χ0v) is 13.4. The summed E-state index contributed by atoms with van der Waals surface area (Å²) < 4.78 is 13.5. The minimum Gasteiger partial charge on any atom is -0.384 e. The number of thioether (sulfide) groups is 1. The molecule has 2 aromatic rings. The van der Waals surface area contributed by atoms with Crippen molar-refractivity contribution in [1.82, 2.24) is 9.97 Å². The number of nitrogens with zero attached hydrogens (tertiary/aromatic N) is 2. The van der Waals surface area contributed by atoms with Gasteiger partial charge in [0.05, 0.1) is 5.25 Å². The number of carbonyl (C=O) groups excluding carboxylic acids is 1. The first kappa shape index (κ1) is 16.2. The number of benzene rings is 1. The van der Waals surface area contributed by atoms with Gasteiger partial charge in [-0.2, -0.15) is 0 Å². The standard InChI is InChI=1S/C15H17FN4OS/c1-8-4-5-11(7-12(8)16)19-14(21)10(3)22-15-18-9(2)6-13(17)20-15/h4-7,10H,1-3H3,(H,19,21)(H2,17,18,20)/t10-/m1/s1. The van der Waals surface area contributed by atoms with Crippen LogP contribution in [0.5, 0.6) is 0 Å². The smallest absolute Gasteiger partial charge is 0.237 e. The number of hydrogen-bond donors (Lipinski definition) is 2. The van der Waals surface area contributed by atoms with Crippen LogP contribution in [0.4, 0.5) is 15.9 Å². The Morgan fingerprint density at radius 1 is 1.32 bits per heavy atom. The highest BCUT2D eigenvalue weighted by atomic mass is 32.2. The Hall–Kier alpha value is -2.15. The van der Waals surface area contributed by atoms with E-state index in [1.807, 2.05) is 6.92 Å². The highest BCUT2D eigenvalue weighted by Crippen LogP contribution is 2.22. The van der Waals surface area contributed by atoms with Crippen molar-refractivity contribution in [3.63, 3.8) is 0 Å². The van der Waals surface area contributed by atoms with Crippen LogP contribution < -0.4 is 11.1 Å². The van der Waals surface area contributed by atoms with E-state index in [0.29, 0.717) is 22.2 Å². The molecule has 0 fully saturated rings. The summed E-state index contributed by atoms with van der Waals surface area (Å²) in [6, 6.07) is 6.23. The van der Waals surface area contributed by atoms with Crippen LogP contribution in [0, 0.1) is 19.7 Å². The van der Waals surface area contributed by atoms with Crippen molar-refractivity contribution in [2.75, 3.05) is 11.1 Å². The normalized spacial score (nSPS) is 12.0. The number of carbonyl (C=O) groups is 1. The molecule has 116 valence electrons. The van der Waals surface area contributed by atoms with Crippen LogP contribution in [0.3, 0.4) is 0 Å². The average molecular weight is 320 g/mol. The Morgan fingerprint density at radius 2 is 2.05 bits per heavy atom. The maximum absolute atomic E-state index is 13.5. The molecule has 1 amide bonds. The van der Waals surface area contributed by atoms with Crippen LogP contribution in [0.15, 0.2) is 29.4 Å². The molecule has 1 heterocycles. The molecule has 1 atom stereocenters. The van der Waals surface area contributed by atoms with Gasteiger partial charge in [-0.25, -0.2) is 14.4 Å². The SMILES string of the molecule is Cc1cc(N)nc(S[C@H](C)C(=O)Nc2ccc(C)c(F)c2)n1. The molecule has 0 saturated carbocycles. The van der Waals surface area contributed by atoms with Crippen LogP contribution in [0.2, 0.25) is 0 Å². The maximum Gasteiger partial charge on any atom is 0.237 e. The van der Waals surface area contributed by atoms with Gasteiger partial charge in [-0.05, 0) is 38.5 Å². The lowest BCUT2D eigenvalue weighted by atomic mass is 10.2. The van der Waals surface area contributed by atoms with E-state index in [1.165, 1.54) is 17.8 Å². The van der Waals surface area contributed by atoms with Crippen molar-refractivity contribution in [1.29, 1.82) is 0 Å². The molecule has 0 aliphatic heterocycles. The summed E-state index contributed by atoms with van der Waals surface area (Å²) in [7, 11) is 0. The van der Waals surface area contributed by atoms with Crippen molar-refractivity contribution < 1.29 is 9.18 Å². The monoisotopic (exact) mass is 320 g/mol. The van der Waals surface area contributed by atoms with Crippen molar-refractivity contribution in [2.24, 2.45) is 0 Å². The number of aryl methyl sites for hydroxylation is 2. The molecule has 5 nitrogen and oxygen atoms in total. The third kappa shape index (κ3) is 4.17. The van der Waals surface area contributed by atoms with Crippen molar-refractivity contribution in [2.45, 2.75) is 31.2 Å². The molecule has 7 heteroatoms. The fraction of sp³-hybridized carbons (Fsp3) is 0.267. The first-order valence-electron chi connectivity index (χ1n) is 6.70. The average Bonchev–Trinajstić information content (AvgIpc) is 2.41. The number of anilines is 2. The van der Waals surface area contributed by atoms with E-state index in [9.17, 15) is 9.18 Å². The number of nitrogens with two attached hydrogens (primary N) is 1. The van der Waals surface area contributed by atoms with E-state index >= 15 is 0 Å². The summed E-state index contributed by atoms with van der Waals surface area (Å²) in [5, 5.41) is 2.67. The van der Waals surface area contributed by atoms with Crippen molar-refractivity contribution >= 4 is 29.2 Å². The second-order valence-corrected chi connectivity index (χ2v) is 6.24. The molecule has 0 radical (unpaired) electrons. The maximum atomic E-state index is 13.5. The van der Waals surface area contributed by atoms with E-state index in [4.69, 9.17) is 5.73 Å². The van der Waals surface area contributed by atoms with Crippen molar-refractivity contribution in [3.05, 3.63) is 41.3 Å². The third-order valence-corrected chi connectivity index (χ3v) is 3.91. The molecule has 0 spiro atoms. The minimum absolute atomic E-state index is 0.253. The number of nitrogens with one attached hydrogen (secondary N) is 1. The lowest BCUT2D eigenvalue weighted by Gasteiger charge is -2.12. The molecule has 0 aliphatic carbocycles. The number of rotatable bonds is 4. The largest absolute Gasteiger partial charge is 0.384 e. The second-order valence-electron chi connectivity index (χ2n) is 4.93. The summed E-state index contributed by atoms with van der Waals surface area (Å²) in [4.78, 5) is 20.4. The minimum atomic E-state index is -0.439. The molecule has 0 saturated heterocycles. The first-order chi connectivity index (χ1) is 10.3. The predicted octanol–water partition coefficient (Wildman–Crippen LogP) is 2.93. The summed E-state index contributed by atoms with van der Waals surface area (Å²) in [5.74, 6) is -0.243. The van der Waals surface area contributed by atoms with Gasteiger partial charge in [0.2, 0.25) is 5.91 Å². The summed E-state index contributed by atoms with van der Waals surface area (Å²) >= 11 is 1.20. The van der Waals surface area contributed by atoms with Gasteiger partial charge in [-0.3, -0.25) is 4.79 Å². The Labute approximate surface area is 132 Å². The number of halogens is 1. The van der Waals surface area contributed by atoms with Gasteiger partial charge in [-0.15, -0.1) is 0 Å². The Balaban J connectivity index is 2.04. The summed E-state index contributed by atoms with van der Waals surface area (Å²) in [6.07, 6.45) is 0. The van der Waals surface area contributed by atoms with E-state index in [0.717, 1.165) is 5.69 Å². The van der Waals surface area contributed by atoms with Crippen LogP contribution in [0.25, 0.3) is 0 Å². The number of nitrogen functional groups attached to an aromatic ring is 1. The fourth-order valence-corrected chi connectivity index (χ4v) is 2.58. The molecule has 1 aromatic heterocycles. The van der Waals surface area contributed by atoms with E-state index in [-0.39, 0.29) is 11.7 Å². The lowest BCUT2D eigenvalue weighted by Crippen LogP contribution is -2.22. The Kier molecular flexibility index (Phi) is 4.97. The third-order valence-electron chi connectivity index (χ3n) is 2.94. The van der Waals surface area contributed by atoms with E-state index < -0.39 is 5.25 Å². The number of aromatic nitrogens is 2. The van der Waals surface area contributed by atoms with Gasteiger partial charge < -0.3 is 11.1 Å². The molecule has 0 aliphatic rings. The molecule has 0 unspecified atom stereocenters. The predicted molar refractivity (Wildman–Crippen MR) is 86.3 cm³/mol. The van der Waals surface area contributed by atoms with Gasteiger partial charge in [0.25, 0.3) is 0 Å². The molecule has 2 rings (SSSR count). The summed E-state index contributed by atoms with van der Waals surface area (Å²) in [6.45, 7) is 5.20.